The molecule has 0 radical (unpaired) electrons. The summed E-state index contributed by atoms with van der Waals surface area (Å²) in [5.74, 6) is -1.80. The number of aryl methyl sites for hydroxylation is 1. The first-order chi connectivity index (χ1) is 16.3. The molecule has 9 nitrogen and oxygen atoms in total. The number of halogens is 4. The number of hydrogen-bond acceptors (Lipinski definition) is 7. The zero-order chi connectivity index (χ0) is 25.7. The molecule has 14 heteroatoms. The van der Waals surface area contributed by atoms with Crippen LogP contribution in [-0.2, 0) is 14.3 Å². The van der Waals surface area contributed by atoms with Gasteiger partial charge in [0.1, 0.15) is 34.0 Å². The number of carbonyl (C=O) groups is 3. The Bertz CT molecular complexity index is 1250. The molecule has 2 aliphatic rings. The predicted molar refractivity (Wildman–Crippen MR) is 132 cm³/mol. The standard InChI is InChI=1S/C21H17Cl4N3O6S/c1-9-13(15(27-34-9)10-5-3-4-6-11(10)22)14-16(29)28-12(18(30)33-8-21(23,24)25)7-20(2,26-19(31)32)35-17(14)28/h3-7,14,17,26H,8H2,1-2H3,(H,31,32)/t14?,17-,20?/m1/s1. The molecule has 2 unspecified atom stereocenters. The highest BCUT2D eigenvalue weighted by Crippen LogP contribution is 2.54. The number of aromatic nitrogens is 1. The van der Waals surface area contributed by atoms with Crippen LogP contribution in [0.2, 0.25) is 5.02 Å². The lowest BCUT2D eigenvalue weighted by molar-refractivity contribution is -0.151. The van der Waals surface area contributed by atoms with Crippen LogP contribution in [0, 0.1) is 6.92 Å². The average Bonchev–Trinajstić information content (AvgIpc) is 3.11. The summed E-state index contributed by atoms with van der Waals surface area (Å²) in [5.41, 5.74) is 1.27. The fraction of sp³-hybridized carbons (Fsp3) is 0.333. The molecule has 0 spiro atoms. The van der Waals surface area contributed by atoms with E-state index in [0.717, 1.165) is 11.8 Å². The molecule has 2 N–H and O–H groups in total. The zero-order valence-corrected chi connectivity index (χ0v) is 21.9. The van der Waals surface area contributed by atoms with Gasteiger partial charge in [-0.25, -0.2) is 9.59 Å². The second-order valence-corrected chi connectivity index (χ2v) is 12.4. The van der Waals surface area contributed by atoms with Gasteiger partial charge in [0.15, 0.2) is 0 Å². The number of esters is 1. The molecule has 1 saturated heterocycles. The van der Waals surface area contributed by atoms with Crippen molar-refractivity contribution in [2.24, 2.45) is 0 Å². The fourth-order valence-electron chi connectivity index (χ4n) is 3.97. The van der Waals surface area contributed by atoms with E-state index in [1.807, 2.05) is 0 Å². The lowest BCUT2D eigenvalue weighted by Crippen LogP contribution is -2.63. The Morgan fingerprint density at radius 3 is 2.66 bits per heavy atom. The van der Waals surface area contributed by atoms with Crippen LogP contribution in [0.5, 0.6) is 0 Å². The largest absolute Gasteiger partial charge is 0.465 e. The topological polar surface area (TPSA) is 122 Å². The summed E-state index contributed by atoms with van der Waals surface area (Å²) in [6.45, 7) is 2.65. The Morgan fingerprint density at radius 2 is 2.03 bits per heavy atom. The van der Waals surface area contributed by atoms with Gasteiger partial charge in [0.2, 0.25) is 9.70 Å². The number of β-lactam (4-membered cyclic amide) rings is 1. The van der Waals surface area contributed by atoms with Gasteiger partial charge in [-0.05, 0) is 26.0 Å². The highest BCUT2D eigenvalue weighted by molar-refractivity contribution is 8.01. The van der Waals surface area contributed by atoms with E-state index in [9.17, 15) is 19.5 Å². The Hall–Kier alpha value is -2.11. The number of hydrogen-bond donors (Lipinski definition) is 2. The molecule has 1 fully saturated rings. The lowest BCUT2D eigenvalue weighted by Gasteiger charge is -2.52. The smallest absolute Gasteiger partial charge is 0.406 e. The van der Waals surface area contributed by atoms with E-state index in [4.69, 9.17) is 55.7 Å². The highest BCUT2D eigenvalue weighted by Gasteiger charge is 2.58. The summed E-state index contributed by atoms with van der Waals surface area (Å²) >= 11 is 24.5. The van der Waals surface area contributed by atoms with Crippen molar-refractivity contribution in [3.8, 4) is 11.3 Å². The summed E-state index contributed by atoms with van der Waals surface area (Å²) < 4.78 is 8.61. The molecule has 0 aliphatic carbocycles. The quantitative estimate of drug-likeness (QED) is 0.285. The number of carboxylic acid groups (broad SMARTS) is 1. The average molecular weight is 581 g/mol. The van der Waals surface area contributed by atoms with Crippen molar-refractivity contribution in [2.45, 2.75) is 33.8 Å². The van der Waals surface area contributed by atoms with Crippen molar-refractivity contribution in [3.63, 3.8) is 0 Å². The lowest BCUT2D eigenvalue weighted by atomic mass is 9.85. The van der Waals surface area contributed by atoms with Gasteiger partial charge < -0.3 is 19.7 Å². The van der Waals surface area contributed by atoms with E-state index in [0.29, 0.717) is 27.6 Å². The van der Waals surface area contributed by atoms with Gasteiger partial charge in [-0.1, -0.05) is 69.8 Å². The van der Waals surface area contributed by atoms with E-state index >= 15 is 0 Å². The van der Waals surface area contributed by atoms with E-state index in [1.165, 1.54) is 11.0 Å². The third kappa shape index (κ3) is 5.08. The molecule has 2 amide bonds. The number of nitrogens with one attached hydrogen (secondary N) is 1. The Labute approximate surface area is 223 Å². The molecule has 4 rings (SSSR count). The molecule has 186 valence electrons. The van der Waals surface area contributed by atoms with E-state index in [-0.39, 0.29) is 5.70 Å². The van der Waals surface area contributed by atoms with Crippen molar-refractivity contribution >= 4 is 76.1 Å². The van der Waals surface area contributed by atoms with Crippen molar-refractivity contribution in [3.05, 3.63) is 52.4 Å². The first kappa shape index (κ1) is 26.0. The summed E-state index contributed by atoms with van der Waals surface area (Å²) in [6, 6.07) is 6.96. The number of alkyl halides is 3. The number of ether oxygens (including phenoxy) is 1. The van der Waals surface area contributed by atoms with E-state index in [2.05, 4.69) is 10.5 Å². The van der Waals surface area contributed by atoms with Crippen LogP contribution in [0.15, 0.2) is 40.6 Å². The van der Waals surface area contributed by atoms with Crippen molar-refractivity contribution in [1.82, 2.24) is 15.4 Å². The van der Waals surface area contributed by atoms with Gasteiger partial charge in [-0.2, -0.15) is 0 Å². The Morgan fingerprint density at radius 1 is 1.34 bits per heavy atom. The van der Waals surface area contributed by atoms with Crippen LogP contribution >= 0.6 is 58.2 Å². The first-order valence-electron chi connectivity index (χ1n) is 10.0. The van der Waals surface area contributed by atoms with Crippen LogP contribution in [0.25, 0.3) is 11.3 Å². The van der Waals surface area contributed by atoms with Crippen LogP contribution < -0.4 is 5.32 Å². The van der Waals surface area contributed by atoms with Crippen LogP contribution in [0.3, 0.4) is 0 Å². The summed E-state index contributed by atoms with van der Waals surface area (Å²) in [5, 5.41) is 15.6. The zero-order valence-electron chi connectivity index (χ0n) is 18.1. The molecule has 2 aliphatic heterocycles. The number of amides is 2. The number of carbonyl (C=O) groups excluding carboxylic acids is 2. The predicted octanol–water partition coefficient (Wildman–Crippen LogP) is 5.08. The molecule has 0 bridgehead atoms. The fourth-order valence-corrected chi connectivity index (χ4v) is 5.90. The normalized spacial score (nSPS) is 23.8. The Kier molecular flexibility index (Phi) is 6.98. The van der Waals surface area contributed by atoms with Gasteiger partial charge in [0.05, 0.1) is 10.9 Å². The second-order valence-electron chi connectivity index (χ2n) is 7.93. The third-order valence-corrected chi connectivity index (χ3v) is 7.45. The molecular weight excluding hydrogens is 564 g/mol. The van der Waals surface area contributed by atoms with Crippen molar-refractivity contribution in [1.29, 1.82) is 0 Å². The number of fused-ring (bicyclic) bond motifs is 1. The molecule has 3 heterocycles. The van der Waals surface area contributed by atoms with Crippen LogP contribution in [0.4, 0.5) is 4.79 Å². The van der Waals surface area contributed by atoms with Gasteiger partial charge in [-0.15, -0.1) is 11.8 Å². The van der Waals surface area contributed by atoms with Gasteiger partial charge >= 0.3 is 12.1 Å². The summed E-state index contributed by atoms with van der Waals surface area (Å²) in [7, 11) is 0. The molecule has 2 aromatic rings. The van der Waals surface area contributed by atoms with Gasteiger partial charge in [0, 0.05) is 11.1 Å². The number of benzene rings is 1. The second kappa shape index (κ2) is 9.40. The number of nitrogens with zero attached hydrogens (tertiary/aromatic N) is 2. The van der Waals surface area contributed by atoms with Crippen molar-refractivity contribution in [2.75, 3.05) is 6.61 Å². The molecule has 35 heavy (non-hydrogen) atoms. The van der Waals surface area contributed by atoms with E-state index in [1.54, 1.807) is 38.1 Å². The molecular formula is C21H17Cl4N3O6S. The first-order valence-corrected chi connectivity index (χ1v) is 12.4. The van der Waals surface area contributed by atoms with Gasteiger partial charge in [-0.3, -0.25) is 9.69 Å². The molecule has 1 aromatic carbocycles. The molecule has 3 atom stereocenters. The summed E-state index contributed by atoms with van der Waals surface area (Å²) in [4.78, 5) is 37.7. The van der Waals surface area contributed by atoms with Gasteiger partial charge in [0.25, 0.3) is 0 Å². The SMILES string of the molecule is Cc1onc(-c2ccccc2Cl)c1C1C(=O)N2C(C(=O)OCC(Cl)(Cl)Cl)=CC(C)(NC(=O)O)S[C@H]12. The third-order valence-electron chi connectivity index (χ3n) is 5.36. The molecule has 0 saturated carbocycles. The van der Waals surface area contributed by atoms with Crippen LogP contribution in [0.1, 0.15) is 24.2 Å². The monoisotopic (exact) mass is 579 g/mol. The minimum absolute atomic E-state index is 0.172. The summed E-state index contributed by atoms with van der Waals surface area (Å²) in [6.07, 6.45) is -0.0224. The minimum atomic E-state index is -1.87. The highest BCUT2D eigenvalue weighted by atomic mass is 35.6. The Balaban J connectivity index is 1.74. The molecule has 1 aromatic heterocycles. The number of rotatable bonds is 5. The maximum absolute atomic E-state index is 13.4. The maximum Gasteiger partial charge on any atom is 0.406 e. The maximum atomic E-state index is 13.4. The van der Waals surface area contributed by atoms with Crippen LogP contribution in [-0.4, -0.2) is 53.8 Å². The van der Waals surface area contributed by atoms with E-state index < -0.39 is 44.5 Å². The number of thioether (sulfide) groups is 1. The minimum Gasteiger partial charge on any atom is -0.465 e. The van der Waals surface area contributed by atoms with Crippen molar-refractivity contribution < 1.29 is 28.8 Å².